The van der Waals surface area contributed by atoms with Crippen molar-refractivity contribution in [3.05, 3.63) is 0 Å². The van der Waals surface area contributed by atoms with Gasteiger partial charge in [0.25, 0.3) is 0 Å². The minimum Gasteiger partial charge on any atom is -0.350 e. The van der Waals surface area contributed by atoms with E-state index in [2.05, 4.69) is 22.9 Å². The molecule has 0 saturated carbocycles. The second-order valence-corrected chi connectivity index (χ2v) is 3.71. The lowest BCUT2D eigenvalue weighted by atomic mass is 10.2. The minimum absolute atomic E-state index is 0.0457. The van der Waals surface area contributed by atoms with Gasteiger partial charge in [-0.25, -0.2) is 0 Å². The van der Waals surface area contributed by atoms with Crippen molar-refractivity contribution in [2.24, 2.45) is 0 Å². The van der Waals surface area contributed by atoms with Crippen LogP contribution in [0.4, 0.5) is 0 Å². The highest BCUT2D eigenvalue weighted by Crippen LogP contribution is 2.17. The molecule has 0 aliphatic carbocycles. The molecule has 1 rings (SSSR count). The van der Waals surface area contributed by atoms with Crippen molar-refractivity contribution < 1.29 is 9.47 Å². The van der Waals surface area contributed by atoms with Crippen molar-refractivity contribution in [2.45, 2.75) is 30.9 Å². The Morgan fingerprint density at radius 1 is 1.50 bits per heavy atom. The molecule has 1 aliphatic rings. The first kappa shape index (κ1) is 8.50. The quantitative estimate of drug-likeness (QED) is 0.661. The standard InChI is InChI=1S/C7H13BrO2/c1-2-6(8)5-7-9-3-4-10-7/h6-7H,2-5H2,1H3/t6-/m1/s1. The van der Waals surface area contributed by atoms with Gasteiger partial charge in [-0.2, -0.15) is 0 Å². The smallest absolute Gasteiger partial charge is 0.158 e. The second-order valence-electron chi connectivity index (χ2n) is 2.41. The summed E-state index contributed by atoms with van der Waals surface area (Å²) in [6.07, 6.45) is 2.14. The zero-order chi connectivity index (χ0) is 7.40. The van der Waals surface area contributed by atoms with Crippen LogP contribution >= 0.6 is 15.9 Å². The van der Waals surface area contributed by atoms with E-state index < -0.39 is 0 Å². The fourth-order valence-corrected chi connectivity index (χ4v) is 1.22. The van der Waals surface area contributed by atoms with Crippen molar-refractivity contribution in [2.75, 3.05) is 13.2 Å². The van der Waals surface area contributed by atoms with Crippen LogP contribution in [0, 0.1) is 0 Å². The number of hydrogen-bond donors (Lipinski definition) is 0. The third kappa shape index (κ3) is 2.56. The monoisotopic (exact) mass is 208 g/mol. The first-order valence-electron chi connectivity index (χ1n) is 3.70. The number of halogens is 1. The molecule has 3 heteroatoms. The molecule has 0 amide bonds. The highest BCUT2D eigenvalue weighted by molar-refractivity contribution is 9.09. The van der Waals surface area contributed by atoms with Crippen LogP contribution in [0.5, 0.6) is 0 Å². The second kappa shape index (κ2) is 4.31. The van der Waals surface area contributed by atoms with E-state index in [-0.39, 0.29) is 6.29 Å². The van der Waals surface area contributed by atoms with E-state index >= 15 is 0 Å². The van der Waals surface area contributed by atoms with Gasteiger partial charge >= 0.3 is 0 Å². The third-order valence-electron chi connectivity index (χ3n) is 1.58. The van der Waals surface area contributed by atoms with Gasteiger partial charge in [-0.1, -0.05) is 22.9 Å². The van der Waals surface area contributed by atoms with Crippen LogP contribution < -0.4 is 0 Å². The van der Waals surface area contributed by atoms with Crippen molar-refractivity contribution >= 4 is 15.9 Å². The van der Waals surface area contributed by atoms with Gasteiger partial charge in [-0.3, -0.25) is 0 Å². The summed E-state index contributed by atoms with van der Waals surface area (Å²) >= 11 is 3.53. The van der Waals surface area contributed by atoms with Gasteiger partial charge in [0.1, 0.15) is 0 Å². The summed E-state index contributed by atoms with van der Waals surface area (Å²) in [6.45, 7) is 3.66. The summed E-state index contributed by atoms with van der Waals surface area (Å²) in [4.78, 5) is 0.538. The largest absolute Gasteiger partial charge is 0.350 e. The van der Waals surface area contributed by atoms with E-state index in [0.29, 0.717) is 4.83 Å². The summed E-state index contributed by atoms with van der Waals surface area (Å²) in [7, 11) is 0. The van der Waals surface area contributed by atoms with E-state index in [0.717, 1.165) is 26.1 Å². The maximum absolute atomic E-state index is 5.27. The molecule has 1 heterocycles. The minimum atomic E-state index is 0.0457. The van der Waals surface area contributed by atoms with Gasteiger partial charge in [-0.15, -0.1) is 0 Å². The van der Waals surface area contributed by atoms with Crippen molar-refractivity contribution in [3.63, 3.8) is 0 Å². The van der Waals surface area contributed by atoms with Crippen LogP contribution in [0.2, 0.25) is 0 Å². The van der Waals surface area contributed by atoms with Crippen LogP contribution in [0.1, 0.15) is 19.8 Å². The molecule has 0 unspecified atom stereocenters. The number of alkyl halides is 1. The predicted molar refractivity (Wildman–Crippen MR) is 43.3 cm³/mol. The van der Waals surface area contributed by atoms with Crippen LogP contribution in [0.25, 0.3) is 0 Å². The third-order valence-corrected chi connectivity index (χ3v) is 2.60. The van der Waals surface area contributed by atoms with Crippen molar-refractivity contribution in [1.82, 2.24) is 0 Å². The molecular formula is C7H13BrO2. The molecule has 1 aliphatic heterocycles. The van der Waals surface area contributed by atoms with Gasteiger partial charge < -0.3 is 9.47 Å². The Balaban J connectivity index is 2.11. The summed E-state index contributed by atoms with van der Waals surface area (Å²) < 4.78 is 10.5. The SMILES string of the molecule is CC[C@@H](Br)CC1OCCO1. The molecule has 10 heavy (non-hydrogen) atoms. The van der Waals surface area contributed by atoms with Gasteiger partial charge in [0.05, 0.1) is 13.2 Å². The molecule has 0 radical (unpaired) electrons. The normalized spacial score (nSPS) is 23.4. The molecule has 2 nitrogen and oxygen atoms in total. The maximum Gasteiger partial charge on any atom is 0.158 e. The summed E-state index contributed by atoms with van der Waals surface area (Å²) in [5, 5.41) is 0. The molecular weight excluding hydrogens is 196 g/mol. The molecule has 1 fully saturated rings. The van der Waals surface area contributed by atoms with Crippen LogP contribution in [0.3, 0.4) is 0 Å². The lowest BCUT2D eigenvalue weighted by Gasteiger charge is -2.11. The molecule has 0 aromatic rings. The molecule has 0 N–H and O–H groups in total. The molecule has 0 spiro atoms. The van der Waals surface area contributed by atoms with Gasteiger partial charge in [-0.05, 0) is 6.42 Å². The fourth-order valence-electron chi connectivity index (χ4n) is 0.919. The van der Waals surface area contributed by atoms with Crippen LogP contribution in [0.15, 0.2) is 0 Å². The van der Waals surface area contributed by atoms with Gasteiger partial charge in [0, 0.05) is 11.2 Å². The summed E-state index contributed by atoms with van der Waals surface area (Å²) in [6, 6.07) is 0. The Bertz CT molecular complexity index is 91.6. The summed E-state index contributed by atoms with van der Waals surface area (Å²) in [5.74, 6) is 0. The highest BCUT2D eigenvalue weighted by Gasteiger charge is 2.18. The van der Waals surface area contributed by atoms with E-state index in [4.69, 9.17) is 9.47 Å². The zero-order valence-corrected chi connectivity index (χ0v) is 7.76. The molecule has 1 saturated heterocycles. The Hall–Kier alpha value is 0.400. The van der Waals surface area contributed by atoms with E-state index in [1.807, 2.05) is 0 Å². The van der Waals surface area contributed by atoms with Crippen molar-refractivity contribution in [1.29, 1.82) is 0 Å². The van der Waals surface area contributed by atoms with Gasteiger partial charge in [0.2, 0.25) is 0 Å². The first-order chi connectivity index (χ1) is 4.83. The average molecular weight is 209 g/mol. The maximum atomic E-state index is 5.27. The Labute approximate surface area is 70.0 Å². The fraction of sp³-hybridized carbons (Fsp3) is 1.00. The van der Waals surface area contributed by atoms with Crippen LogP contribution in [-0.4, -0.2) is 24.3 Å². The molecule has 0 aromatic heterocycles. The molecule has 1 atom stereocenters. The number of hydrogen-bond acceptors (Lipinski definition) is 2. The van der Waals surface area contributed by atoms with E-state index in [1.165, 1.54) is 0 Å². The number of ether oxygens (including phenoxy) is 2. The average Bonchev–Trinajstić information content (AvgIpc) is 2.40. The molecule has 0 aromatic carbocycles. The Morgan fingerprint density at radius 2 is 2.10 bits per heavy atom. The van der Waals surface area contributed by atoms with Crippen molar-refractivity contribution in [3.8, 4) is 0 Å². The molecule has 60 valence electrons. The number of rotatable bonds is 3. The predicted octanol–water partition coefficient (Wildman–Crippen LogP) is 1.92. The Morgan fingerprint density at radius 3 is 2.60 bits per heavy atom. The lowest BCUT2D eigenvalue weighted by molar-refractivity contribution is -0.0463. The van der Waals surface area contributed by atoms with Gasteiger partial charge in [0.15, 0.2) is 6.29 Å². The zero-order valence-electron chi connectivity index (χ0n) is 6.18. The Kier molecular flexibility index (Phi) is 3.66. The first-order valence-corrected chi connectivity index (χ1v) is 4.61. The van der Waals surface area contributed by atoms with E-state index in [1.54, 1.807) is 0 Å². The lowest BCUT2D eigenvalue weighted by Crippen LogP contribution is -2.13. The summed E-state index contributed by atoms with van der Waals surface area (Å²) in [5.41, 5.74) is 0. The topological polar surface area (TPSA) is 18.5 Å². The highest BCUT2D eigenvalue weighted by atomic mass is 79.9. The van der Waals surface area contributed by atoms with E-state index in [9.17, 15) is 0 Å². The van der Waals surface area contributed by atoms with Crippen LogP contribution in [-0.2, 0) is 9.47 Å². The molecule has 0 bridgehead atoms.